The second-order valence-electron chi connectivity index (χ2n) is 10.1. The van der Waals surface area contributed by atoms with Gasteiger partial charge in [-0.15, -0.1) is 0 Å². The fraction of sp³-hybridized carbons (Fsp3) is 0.783. The molecule has 1 aromatic heterocycles. The highest BCUT2D eigenvalue weighted by Gasteiger charge is 2.56. The summed E-state index contributed by atoms with van der Waals surface area (Å²) in [6.07, 6.45) is 15.7. The maximum absolute atomic E-state index is 10.9. The van der Waals surface area contributed by atoms with E-state index in [0.29, 0.717) is 0 Å². The Bertz CT molecular complexity index is 636. The van der Waals surface area contributed by atoms with Gasteiger partial charge in [0.05, 0.1) is 23.2 Å². The highest BCUT2D eigenvalue weighted by molar-refractivity contribution is 5.44. The first kappa shape index (κ1) is 17.9. The Morgan fingerprint density at radius 1 is 1.00 bits per heavy atom. The summed E-state index contributed by atoms with van der Waals surface area (Å²) >= 11 is 0. The number of rotatable bonds is 4. The number of aromatic nitrogens is 1. The van der Waals surface area contributed by atoms with Gasteiger partial charge in [-0.3, -0.25) is 4.98 Å². The van der Waals surface area contributed by atoms with E-state index in [1.54, 1.807) is 0 Å². The molecule has 0 radical (unpaired) electrons. The van der Waals surface area contributed by atoms with Crippen molar-refractivity contribution >= 4 is 5.69 Å². The van der Waals surface area contributed by atoms with Crippen LogP contribution in [-0.4, -0.2) is 34.3 Å². The molecule has 0 amide bonds. The molecule has 2 unspecified atom stereocenters. The molecule has 2 N–H and O–H groups in total. The third kappa shape index (κ3) is 3.75. The summed E-state index contributed by atoms with van der Waals surface area (Å²) in [5.74, 6) is 1.46. The molecular formula is C23H35N3O. The summed E-state index contributed by atoms with van der Waals surface area (Å²) in [7, 11) is 0. The molecule has 4 nitrogen and oxygen atoms in total. The van der Waals surface area contributed by atoms with Crippen molar-refractivity contribution in [2.24, 2.45) is 11.8 Å². The average Bonchev–Trinajstić information content (AvgIpc) is 2.58. The van der Waals surface area contributed by atoms with Gasteiger partial charge in [0, 0.05) is 25.2 Å². The number of hydrogen-bond acceptors (Lipinski definition) is 4. The van der Waals surface area contributed by atoms with Crippen LogP contribution in [0.15, 0.2) is 18.3 Å². The van der Waals surface area contributed by atoms with E-state index in [-0.39, 0.29) is 11.1 Å². The fourth-order valence-electron chi connectivity index (χ4n) is 6.91. The Labute approximate surface area is 163 Å². The smallest absolute Gasteiger partial charge is 0.0670 e. The molecule has 5 fully saturated rings. The molecule has 5 aliphatic rings. The molecular weight excluding hydrogens is 334 g/mol. The van der Waals surface area contributed by atoms with Gasteiger partial charge in [0.25, 0.3) is 0 Å². The summed E-state index contributed by atoms with van der Waals surface area (Å²) in [5.41, 5.74) is 2.18. The fourth-order valence-corrected chi connectivity index (χ4v) is 6.91. The van der Waals surface area contributed by atoms with Crippen LogP contribution in [0.3, 0.4) is 0 Å². The molecule has 4 aliphatic carbocycles. The van der Waals surface area contributed by atoms with Gasteiger partial charge in [-0.25, -0.2) is 0 Å². The van der Waals surface area contributed by atoms with Crippen molar-refractivity contribution in [2.75, 3.05) is 18.0 Å². The van der Waals surface area contributed by atoms with Crippen molar-refractivity contribution in [1.29, 1.82) is 0 Å². The lowest BCUT2D eigenvalue weighted by molar-refractivity contribution is -0.142. The third-order valence-corrected chi connectivity index (χ3v) is 7.71. The van der Waals surface area contributed by atoms with Crippen LogP contribution in [0.25, 0.3) is 0 Å². The second-order valence-corrected chi connectivity index (χ2v) is 10.1. The predicted octanol–water partition coefficient (Wildman–Crippen LogP) is 4.03. The zero-order valence-electron chi connectivity index (χ0n) is 16.6. The molecule has 6 rings (SSSR count). The van der Waals surface area contributed by atoms with E-state index < -0.39 is 0 Å². The van der Waals surface area contributed by atoms with Crippen LogP contribution in [0.4, 0.5) is 5.69 Å². The van der Waals surface area contributed by atoms with Crippen LogP contribution in [0.2, 0.25) is 0 Å². The summed E-state index contributed by atoms with van der Waals surface area (Å²) in [6.45, 7) is 3.17. The quantitative estimate of drug-likeness (QED) is 0.841. The third-order valence-electron chi connectivity index (χ3n) is 7.71. The Morgan fingerprint density at radius 2 is 1.70 bits per heavy atom. The molecule has 1 aromatic rings. The van der Waals surface area contributed by atoms with E-state index >= 15 is 0 Å². The van der Waals surface area contributed by atoms with Crippen molar-refractivity contribution < 1.29 is 5.11 Å². The molecule has 148 valence electrons. The maximum atomic E-state index is 10.9. The first-order chi connectivity index (χ1) is 13.1. The normalized spacial score (nSPS) is 38.6. The van der Waals surface area contributed by atoms with E-state index in [9.17, 15) is 5.11 Å². The second kappa shape index (κ2) is 7.04. The maximum Gasteiger partial charge on any atom is 0.0670 e. The van der Waals surface area contributed by atoms with Gasteiger partial charge in [0.1, 0.15) is 0 Å². The molecule has 4 heteroatoms. The van der Waals surface area contributed by atoms with Gasteiger partial charge in [-0.05, 0) is 75.3 Å². The zero-order valence-corrected chi connectivity index (χ0v) is 16.6. The zero-order chi connectivity index (χ0) is 18.3. The van der Waals surface area contributed by atoms with Gasteiger partial charge in [-0.1, -0.05) is 19.3 Å². The summed E-state index contributed by atoms with van der Waals surface area (Å²) in [6, 6.07) is 4.47. The van der Waals surface area contributed by atoms with E-state index in [1.807, 2.05) is 0 Å². The monoisotopic (exact) mass is 369 g/mol. The molecule has 0 spiro atoms. The largest absolute Gasteiger partial charge is 0.390 e. The van der Waals surface area contributed by atoms with Gasteiger partial charge < -0.3 is 15.3 Å². The standard InChI is InChI=1S/C23H35N3O/c27-23-13-18-10-19(14-23)12-22(11-18,17-23)25-15-20-6-7-21(16-24-20)26-8-4-2-1-3-5-9-26/h6-7,16,18-19,25,27H,1-5,8-15,17H2. The first-order valence-corrected chi connectivity index (χ1v) is 11.3. The lowest BCUT2D eigenvalue weighted by Gasteiger charge is -2.60. The van der Waals surface area contributed by atoms with E-state index in [1.165, 1.54) is 70.1 Å². The van der Waals surface area contributed by atoms with Gasteiger partial charge >= 0.3 is 0 Å². The van der Waals surface area contributed by atoms with Crippen molar-refractivity contribution in [3.63, 3.8) is 0 Å². The van der Waals surface area contributed by atoms with Gasteiger partial charge in [0.2, 0.25) is 0 Å². The van der Waals surface area contributed by atoms with Crippen LogP contribution in [0, 0.1) is 11.8 Å². The minimum atomic E-state index is -0.389. The van der Waals surface area contributed by atoms with Crippen LogP contribution >= 0.6 is 0 Å². The number of nitrogens with zero attached hydrogens (tertiary/aromatic N) is 2. The lowest BCUT2D eigenvalue weighted by Crippen LogP contribution is -2.64. The Hall–Kier alpha value is -1.13. The van der Waals surface area contributed by atoms with Crippen molar-refractivity contribution in [3.05, 3.63) is 24.0 Å². The molecule has 2 heterocycles. The highest BCUT2D eigenvalue weighted by atomic mass is 16.3. The number of aliphatic hydroxyl groups is 1. The van der Waals surface area contributed by atoms with Gasteiger partial charge in [-0.2, -0.15) is 0 Å². The number of hydrogen-bond donors (Lipinski definition) is 2. The van der Waals surface area contributed by atoms with Crippen molar-refractivity contribution in [1.82, 2.24) is 10.3 Å². The van der Waals surface area contributed by atoms with Crippen molar-refractivity contribution in [2.45, 2.75) is 88.3 Å². The Balaban J connectivity index is 1.22. The summed E-state index contributed by atoms with van der Waals surface area (Å²) in [5, 5.41) is 14.8. The SMILES string of the molecule is OC12CC3CC(C1)CC(NCc1ccc(N4CCCCCCC4)cn1)(C3)C2. The average molecular weight is 370 g/mol. The molecule has 4 saturated carbocycles. The first-order valence-electron chi connectivity index (χ1n) is 11.3. The van der Waals surface area contributed by atoms with Crippen LogP contribution in [0.5, 0.6) is 0 Å². The van der Waals surface area contributed by atoms with Crippen LogP contribution in [-0.2, 0) is 6.54 Å². The number of anilines is 1. The summed E-state index contributed by atoms with van der Waals surface area (Å²) in [4.78, 5) is 7.29. The molecule has 1 saturated heterocycles. The minimum absolute atomic E-state index is 0.155. The van der Waals surface area contributed by atoms with Crippen LogP contribution in [0.1, 0.15) is 76.3 Å². The number of nitrogens with one attached hydrogen (secondary N) is 1. The van der Waals surface area contributed by atoms with Crippen molar-refractivity contribution in [3.8, 4) is 0 Å². The van der Waals surface area contributed by atoms with Gasteiger partial charge in [0.15, 0.2) is 0 Å². The predicted molar refractivity (Wildman–Crippen MR) is 109 cm³/mol. The molecule has 27 heavy (non-hydrogen) atoms. The Morgan fingerprint density at radius 3 is 2.33 bits per heavy atom. The van der Waals surface area contributed by atoms with E-state index in [0.717, 1.165) is 43.3 Å². The summed E-state index contributed by atoms with van der Waals surface area (Å²) < 4.78 is 0. The van der Waals surface area contributed by atoms with E-state index in [2.05, 4.69) is 28.5 Å². The molecule has 0 aromatic carbocycles. The topological polar surface area (TPSA) is 48.4 Å². The Kier molecular flexibility index (Phi) is 4.68. The molecule has 1 aliphatic heterocycles. The van der Waals surface area contributed by atoms with E-state index in [4.69, 9.17) is 4.98 Å². The highest BCUT2D eigenvalue weighted by Crippen LogP contribution is 2.57. The number of pyridine rings is 1. The minimum Gasteiger partial charge on any atom is -0.390 e. The molecule has 2 atom stereocenters. The van der Waals surface area contributed by atoms with Crippen LogP contribution < -0.4 is 10.2 Å². The molecule has 4 bridgehead atoms. The lowest BCUT2D eigenvalue weighted by atomic mass is 9.51.